The number of nitrogens with zero attached hydrogens (tertiary/aromatic N) is 6. The van der Waals surface area contributed by atoms with Crippen LogP contribution in [0.1, 0.15) is 31.9 Å². The lowest BCUT2D eigenvalue weighted by atomic mass is 10.1. The molecule has 8 rings (SSSR count). The highest BCUT2D eigenvalue weighted by atomic mass is 35.5. The molecule has 0 bridgehead atoms. The van der Waals surface area contributed by atoms with Crippen molar-refractivity contribution in [2.45, 2.75) is 34.6 Å². The van der Waals surface area contributed by atoms with Crippen molar-refractivity contribution in [1.82, 2.24) is 28.1 Å². The molecule has 8 aromatic rings. The summed E-state index contributed by atoms with van der Waals surface area (Å²) in [5.74, 6) is -0.196. The minimum atomic E-state index is -0.463. The van der Waals surface area contributed by atoms with E-state index in [1.54, 1.807) is 39.0 Å². The first-order valence-electron chi connectivity index (χ1n) is 16.8. The molecule has 4 N–H and O–H groups in total. The second kappa shape index (κ2) is 13.3. The number of carbonyl (C=O) groups excluding carboxylic acids is 3. The molecule has 0 spiro atoms. The molecule has 0 radical (unpaired) electrons. The van der Waals surface area contributed by atoms with Crippen molar-refractivity contribution >= 4 is 62.8 Å². The number of aromatic hydroxyl groups is 2. The van der Waals surface area contributed by atoms with Gasteiger partial charge in [-0.2, -0.15) is 0 Å². The van der Waals surface area contributed by atoms with Crippen LogP contribution in [-0.2, 0) is 19.1 Å². The van der Waals surface area contributed by atoms with E-state index in [2.05, 4.69) is 23.8 Å². The first-order valence-corrected chi connectivity index (χ1v) is 17.2. The van der Waals surface area contributed by atoms with Crippen molar-refractivity contribution in [3.63, 3.8) is 0 Å². The molecule has 54 heavy (non-hydrogen) atoms. The number of carbonyl (C=O) groups is 3. The van der Waals surface area contributed by atoms with Crippen LogP contribution in [0.2, 0.25) is 5.02 Å². The average molecular weight is 753 g/mol. The third-order valence-corrected chi connectivity index (χ3v) is 9.02. The predicted octanol–water partition coefficient (Wildman–Crippen LogP) is 6.49. The Balaban J connectivity index is 0.000000171. The first kappa shape index (κ1) is 35.7. The highest BCUT2D eigenvalue weighted by Crippen LogP contribution is 2.37. The molecular weight excluding hydrogens is 716 g/mol. The van der Waals surface area contributed by atoms with Crippen LogP contribution in [0.4, 0.5) is 11.4 Å². The number of hydrogen-bond donors (Lipinski definition) is 4. The molecule has 0 unspecified atom stereocenters. The molecule has 0 atom stereocenters. The van der Waals surface area contributed by atoms with E-state index >= 15 is 0 Å². The smallest absolute Gasteiger partial charge is 0.333 e. The summed E-state index contributed by atoms with van der Waals surface area (Å²) in [6, 6.07) is 18.1. The number of phenolic OH excluding ortho intramolecular Hbond substituents is 2. The Hall–Kier alpha value is -6.74. The summed E-state index contributed by atoms with van der Waals surface area (Å²) in [5, 5.41) is 27.2. The molecule has 0 aliphatic rings. The van der Waals surface area contributed by atoms with Crippen LogP contribution in [0.25, 0.3) is 33.4 Å². The molecule has 4 heterocycles. The van der Waals surface area contributed by atoms with Crippen molar-refractivity contribution in [2.24, 2.45) is 0 Å². The SMILES string of the molecule is C=C(C)C(=O)Nc1cc(O)c(-n2n3c4ccc(Cl)cc4n23)cc1C.C=C(C)C(=O)OCCOc1ccc(-n2n3c4ccc(NC(C)=O)cc4n23)c(O)c1C. The Morgan fingerprint density at radius 3 is 2.02 bits per heavy atom. The number of nitrogens with one attached hydrogen (secondary N) is 2. The maximum Gasteiger partial charge on any atom is 0.333 e. The zero-order valence-electron chi connectivity index (χ0n) is 30.1. The van der Waals surface area contributed by atoms with Gasteiger partial charge >= 0.3 is 5.97 Å². The van der Waals surface area contributed by atoms with E-state index in [-0.39, 0.29) is 36.5 Å². The molecule has 4 aromatic heterocycles. The molecule has 0 saturated heterocycles. The maximum absolute atomic E-state index is 11.8. The van der Waals surface area contributed by atoms with E-state index in [1.807, 2.05) is 77.5 Å². The fourth-order valence-corrected chi connectivity index (χ4v) is 6.11. The molecule has 15 nitrogen and oxygen atoms in total. The summed E-state index contributed by atoms with van der Waals surface area (Å²) in [6.45, 7) is 15.7. The van der Waals surface area contributed by atoms with Crippen LogP contribution in [0.5, 0.6) is 17.2 Å². The van der Waals surface area contributed by atoms with Crippen LogP contribution in [0.3, 0.4) is 0 Å². The molecule has 0 aliphatic heterocycles. The Morgan fingerprint density at radius 2 is 1.37 bits per heavy atom. The summed E-state index contributed by atoms with van der Waals surface area (Å²) in [5.41, 5.74) is 8.58. The highest BCUT2D eigenvalue weighted by Gasteiger charge is 2.28. The third kappa shape index (κ3) is 6.23. The van der Waals surface area contributed by atoms with Crippen molar-refractivity contribution in [3.8, 4) is 28.6 Å². The van der Waals surface area contributed by atoms with Crippen molar-refractivity contribution in [3.05, 3.63) is 101 Å². The van der Waals surface area contributed by atoms with Gasteiger partial charge in [-0.15, -0.1) is 28.1 Å². The fraction of sp³-hybridized carbons (Fsp3) is 0.184. The number of fused-ring (bicyclic) bond motifs is 8. The number of phenols is 2. The van der Waals surface area contributed by atoms with Gasteiger partial charge < -0.3 is 30.3 Å². The monoisotopic (exact) mass is 752 g/mol. The molecule has 2 amide bonds. The predicted molar refractivity (Wildman–Crippen MR) is 205 cm³/mol. The Kier molecular flexibility index (Phi) is 8.81. The standard InChI is InChI=1S/C21H22N4O5.C17H15ClN4O2/c1-12(2)21(28)30-10-9-29-19-8-7-17(20(27)13(19)3)24-23-16-6-5-15(22-14(4)26)11-18(16)25(23)24;1-9(2)17(24)19-12-8-16(23)15(6-10(12)3)22-20-13-5-4-11(18)7-14(13)21(20)22/h5-8,11,27H,1,9-10H2,2-4H3,(H,22,26);4-8,23H,1H2,2-3H3,(H,19,24). The lowest BCUT2D eigenvalue weighted by Crippen LogP contribution is -2.12. The summed E-state index contributed by atoms with van der Waals surface area (Å²) in [6.07, 6.45) is 0. The van der Waals surface area contributed by atoms with E-state index in [0.717, 1.165) is 27.6 Å². The topological polar surface area (TPSA) is 162 Å². The number of benzene rings is 4. The Labute approximate surface area is 312 Å². The minimum absolute atomic E-state index is 0.0732. The van der Waals surface area contributed by atoms with Gasteiger partial charge in [0.25, 0.3) is 5.91 Å². The molecule has 0 aliphatic carbocycles. The number of esters is 1. The lowest BCUT2D eigenvalue weighted by Gasteiger charge is -2.12. The van der Waals surface area contributed by atoms with E-state index in [0.29, 0.717) is 50.2 Å². The van der Waals surface area contributed by atoms with Crippen LogP contribution >= 0.6 is 11.6 Å². The number of rotatable bonds is 10. The maximum atomic E-state index is 11.8. The quantitative estimate of drug-likeness (QED) is 0.0705. The van der Waals surface area contributed by atoms with Crippen LogP contribution in [0, 0.1) is 13.8 Å². The number of ether oxygens (including phenoxy) is 2. The van der Waals surface area contributed by atoms with Gasteiger partial charge in [0.05, 0.1) is 0 Å². The van der Waals surface area contributed by atoms with Crippen molar-refractivity contribution in [1.29, 1.82) is 0 Å². The summed E-state index contributed by atoms with van der Waals surface area (Å²) < 4.78 is 18.2. The van der Waals surface area contributed by atoms with Crippen molar-refractivity contribution < 1.29 is 34.1 Å². The molecule has 16 heteroatoms. The molecule has 278 valence electrons. The summed E-state index contributed by atoms with van der Waals surface area (Å²) >= 11 is 6.02. The van der Waals surface area contributed by atoms with Gasteiger partial charge in [-0.05, 0) is 87.9 Å². The van der Waals surface area contributed by atoms with E-state index < -0.39 is 5.97 Å². The van der Waals surface area contributed by atoms with E-state index in [1.165, 1.54) is 6.92 Å². The third-order valence-electron chi connectivity index (χ3n) is 8.78. The summed E-state index contributed by atoms with van der Waals surface area (Å²) in [7, 11) is 0. The molecular formula is C38H37ClN8O7. The van der Waals surface area contributed by atoms with Gasteiger partial charge in [-0.25, -0.2) is 4.79 Å². The lowest BCUT2D eigenvalue weighted by molar-refractivity contribution is -0.139. The Bertz CT molecular complexity index is 2770. The van der Waals surface area contributed by atoms with Crippen LogP contribution < -0.4 is 15.4 Å². The molecule has 0 fully saturated rings. The Morgan fingerprint density at radius 1 is 0.741 bits per heavy atom. The van der Waals surface area contributed by atoms with Gasteiger partial charge in [0.1, 0.15) is 63.9 Å². The number of aryl methyl sites for hydroxylation is 1. The number of hydrogen-bond acceptors (Lipinski definition) is 7. The van der Waals surface area contributed by atoms with Gasteiger partial charge in [0, 0.05) is 46.1 Å². The largest absolute Gasteiger partial charge is 0.506 e. The number of aromatic nitrogens is 6. The van der Waals surface area contributed by atoms with Gasteiger partial charge in [-0.3, -0.25) is 9.59 Å². The van der Waals surface area contributed by atoms with Gasteiger partial charge in [0.15, 0.2) is 0 Å². The highest BCUT2D eigenvalue weighted by molar-refractivity contribution is 6.31. The molecule has 4 aromatic carbocycles. The van der Waals surface area contributed by atoms with Crippen LogP contribution in [-0.4, -0.2) is 69.3 Å². The normalized spacial score (nSPS) is 11.4. The first-order chi connectivity index (χ1) is 25.7. The second-order valence-electron chi connectivity index (χ2n) is 13.0. The zero-order chi connectivity index (χ0) is 38.7. The number of halogens is 1. The van der Waals surface area contributed by atoms with Gasteiger partial charge in [-0.1, -0.05) is 24.8 Å². The van der Waals surface area contributed by atoms with Crippen LogP contribution in [0.15, 0.2) is 85.0 Å². The second-order valence-corrected chi connectivity index (χ2v) is 13.4. The number of amides is 2. The minimum Gasteiger partial charge on any atom is -0.506 e. The van der Waals surface area contributed by atoms with E-state index in [4.69, 9.17) is 21.1 Å². The van der Waals surface area contributed by atoms with Crippen molar-refractivity contribution in [2.75, 3.05) is 23.8 Å². The van der Waals surface area contributed by atoms with E-state index in [9.17, 15) is 24.6 Å². The molecule has 0 saturated carbocycles. The summed E-state index contributed by atoms with van der Waals surface area (Å²) in [4.78, 5) is 38.1. The van der Waals surface area contributed by atoms with Gasteiger partial charge in [0.2, 0.25) is 5.91 Å². The average Bonchev–Trinajstić information content (AvgIpc) is 3.98. The number of anilines is 2. The zero-order valence-corrected chi connectivity index (χ0v) is 30.9. The fourth-order valence-electron chi connectivity index (χ4n) is 5.95.